The number of unbranched alkanes of at least 4 members (excludes halogenated alkanes) is 1. The van der Waals surface area contributed by atoms with Crippen molar-refractivity contribution in [1.82, 2.24) is 0 Å². The van der Waals surface area contributed by atoms with Crippen LogP contribution >= 0.6 is 24.1 Å². The van der Waals surface area contributed by atoms with E-state index in [2.05, 4.69) is 28.2 Å². The molecule has 0 heterocycles. The zero-order valence-electron chi connectivity index (χ0n) is 24.1. The molecule has 16 nitrogen and oxygen atoms in total. The first-order chi connectivity index (χ1) is 18.9. The number of nitrogens with zero attached hydrogens (tertiary/aromatic N) is 2. The molecule has 0 aliphatic heterocycles. The zero-order valence-corrected chi connectivity index (χ0v) is 27.4. The van der Waals surface area contributed by atoms with Crippen LogP contribution in [-0.4, -0.2) is 131 Å². The van der Waals surface area contributed by atoms with Crippen molar-refractivity contribution in [2.24, 2.45) is 0 Å². The molecule has 0 bridgehead atoms. The van der Waals surface area contributed by atoms with Gasteiger partial charge in [0.25, 0.3) is 0 Å². The van der Waals surface area contributed by atoms with Gasteiger partial charge in [0.1, 0.15) is 0 Å². The monoisotopic (exact) mass is 666 g/mol. The maximum Gasteiger partial charge on any atom is 0.318 e. The van der Waals surface area contributed by atoms with Gasteiger partial charge in [-0.2, -0.15) is 16.8 Å². The van der Waals surface area contributed by atoms with Crippen molar-refractivity contribution >= 4 is 44.3 Å². The highest BCUT2D eigenvalue weighted by molar-refractivity contribution is 7.95. The SMILES string of the molecule is COOOSC[N+](C)(CCCOCCCCOCCC[N+](C)(CS(=O)(=O)OC)CS(=O)(=O)OC)CSOOOC. The molecule has 0 unspecified atom stereocenters. The Labute approximate surface area is 247 Å². The van der Waals surface area contributed by atoms with Crippen LogP contribution in [0.2, 0.25) is 0 Å². The van der Waals surface area contributed by atoms with Gasteiger partial charge < -0.3 is 14.0 Å². The van der Waals surface area contributed by atoms with Crippen molar-refractivity contribution in [1.29, 1.82) is 0 Å². The van der Waals surface area contributed by atoms with E-state index in [4.69, 9.17) is 18.1 Å². The summed E-state index contributed by atoms with van der Waals surface area (Å²) in [5.74, 6) is 0.134. The van der Waals surface area contributed by atoms with Gasteiger partial charge in [-0.15, -0.1) is 8.67 Å². The fourth-order valence-corrected chi connectivity index (χ4v) is 6.94. The van der Waals surface area contributed by atoms with E-state index in [1.165, 1.54) is 21.3 Å². The average molecular weight is 667 g/mol. The molecular formula is C20H46N2O14S4+2. The standard InChI is InChI=1S/C20H46N2O14S4/c1-21(17-37-35-33-27-3,18-38-36-34-28-4)11-9-15-31-13-7-8-14-32-16-10-12-22(2,19-39(23,24)29-5)20-40(25,26)30-6/h7-20H2,1-6H3/q+2. The van der Waals surface area contributed by atoms with Gasteiger partial charge in [0.15, 0.2) is 11.8 Å². The predicted molar refractivity (Wildman–Crippen MR) is 147 cm³/mol. The van der Waals surface area contributed by atoms with E-state index in [0.29, 0.717) is 49.1 Å². The third kappa shape index (κ3) is 21.8. The molecular weight excluding hydrogens is 620 g/mol. The van der Waals surface area contributed by atoms with Crippen LogP contribution in [0.15, 0.2) is 0 Å². The molecule has 0 spiro atoms. The molecule has 0 N–H and O–H groups in total. The Bertz CT molecular complexity index is 787. The summed E-state index contributed by atoms with van der Waals surface area (Å²) in [6.07, 6.45) is 2.87. The van der Waals surface area contributed by atoms with Crippen molar-refractivity contribution in [3.63, 3.8) is 0 Å². The van der Waals surface area contributed by atoms with Crippen molar-refractivity contribution in [2.45, 2.75) is 25.7 Å². The first-order valence-corrected chi connectivity index (χ1v) is 17.2. The van der Waals surface area contributed by atoms with Crippen LogP contribution in [0, 0.1) is 0 Å². The Balaban J connectivity index is 4.18. The van der Waals surface area contributed by atoms with Crippen LogP contribution in [0.5, 0.6) is 0 Å². The largest absolute Gasteiger partial charge is 0.381 e. The zero-order chi connectivity index (χ0) is 30.4. The van der Waals surface area contributed by atoms with Gasteiger partial charge in [-0.3, -0.25) is 12.8 Å². The molecule has 0 rings (SSSR count). The second-order valence-electron chi connectivity index (χ2n) is 9.13. The molecule has 0 aromatic rings. The predicted octanol–water partition coefficient (Wildman–Crippen LogP) is 1.57. The summed E-state index contributed by atoms with van der Waals surface area (Å²) in [4.78, 5) is 8.80. The molecule has 0 atom stereocenters. The first kappa shape index (κ1) is 40.1. The molecule has 0 radical (unpaired) electrons. The van der Waals surface area contributed by atoms with Gasteiger partial charge in [-0.25, -0.2) is 9.78 Å². The second kappa shape index (κ2) is 22.6. The lowest BCUT2D eigenvalue weighted by Crippen LogP contribution is -2.51. The van der Waals surface area contributed by atoms with Gasteiger partial charge in [0, 0.05) is 26.1 Å². The van der Waals surface area contributed by atoms with E-state index in [9.17, 15) is 16.8 Å². The van der Waals surface area contributed by atoms with Gasteiger partial charge >= 0.3 is 20.2 Å². The molecule has 242 valence electrons. The summed E-state index contributed by atoms with van der Waals surface area (Å²) in [5, 5.41) is 8.85. The van der Waals surface area contributed by atoms with Gasteiger partial charge in [0.05, 0.1) is 92.9 Å². The maximum absolute atomic E-state index is 11.9. The average Bonchev–Trinajstić information content (AvgIpc) is 2.89. The maximum atomic E-state index is 11.9. The van der Waals surface area contributed by atoms with E-state index in [1.807, 2.05) is 7.05 Å². The molecule has 0 aromatic heterocycles. The molecule has 0 aliphatic rings. The van der Waals surface area contributed by atoms with Crippen molar-refractivity contribution < 1.29 is 72.2 Å². The summed E-state index contributed by atoms with van der Waals surface area (Å²) in [6, 6.07) is 0. The van der Waals surface area contributed by atoms with Crippen molar-refractivity contribution in [3.05, 3.63) is 0 Å². The van der Waals surface area contributed by atoms with Crippen LogP contribution in [0.1, 0.15) is 25.7 Å². The minimum absolute atomic E-state index is 0.250. The highest BCUT2D eigenvalue weighted by atomic mass is 32.2. The highest BCUT2D eigenvalue weighted by Gasteiger charge is 2.34. The summed E-state index contributed by atoms with van der Waals surface area (Å²) in [6.45, 7) is 3.07. The molecule has 40 heavy (non-hydrogen) atoms. The van der Waals surface area contributed by atoms with Gasteiger partial charge in [-0.05, 0) is 12.8 Å². The molecule has 0 saturated heterocycles. The minimum atomic E-state index is -3.88. The Kier molecular flexibility index (Phi) is 22.7. The Morgan fingerprint density at radius 3 is 1.32 bits per heavy atom. The molecule has 0 aromatic carbocycles. The van der Waals surface area contributed by atoms with Gasteiger partial charge in [0.2, 0.25) is 11.8 Å². The summed E-state index contributed by atoms with van der Waals surface area (Å²) in [7, 11) is 0.572. The lowest BCUT2D eigenvalue weighted by Gasteiger charge is -2.32. The van der Waals surface area contributed by atoms with E-state index in [-0.39, 0.29) is 11.0 Å². The number of hydrogen-bond donors (Lipinski definition) is 0. The summed E-state index contributed by atoms with van der Waals surface area (Å²) < 4.78 is 78.0. The lowest BCUT2D eigenvalue weighted by molar-refractivity contribution is -0.887. The Morgan fingerprint density at radius 2 is 0.950 bits per heavy atom. The number of ether oxygens (including phenoxy) is 2. The van der Waals surface area contributed by atoms with E-state index in [0.717, 1.165) is 64.1 Å². The smallest absolute Gasteiger partial charge is 0.318 e. The van der Waals surface area contributed by atoms with E-state index < -0.39 is 32.0 Å². The second-order valence-corrected chi connectivity index (χ2v) is 13.8. The molecule has 20 heteroatoms. The fraction of sp³-hybridized carbons (Fsp3) is 1.00. The molecule has 0 fully saturated rings. The Hall–Kier alpha value is 0.120. The number of rotatable bonds is 29. The summed E-state index contributed by atoms with van der Waals surface area (Å²) in [5.41, 5.74) is 0. The van der Waals surface area contributed by atoms with Crippen molar-refractivity contribution in [3.8, 4) is 0 Å². The third-order valence-electron chi connectivity index (χ3n) is 5.26. The molecule has 0 aliphatic carbocycles. The van der Waals surface area contributed by atoms with Crippen LogP contribution in [0.3, 0.4) is 0 Å². The topological polar surface area (TPSA) is 161 Å². The summed E-state index contributed by atoms with van der Waals surface area (Å²) >= 11 is 2.21. The third-order valence-corrected chi connectivity index (χ3v) is 9.92. The fourth-order valence-electron chi connectivity index (χ4n) is 3.30. The van der Waals surface area contributed by atoms with Crippen LogP contribution in [0.4, 0.5) is 0 Å². The Morgan fingerprint density at radius 1 is 0.575 bits per heavy atom. The molecule has 0 amide bonds. The van der Waals surface area contributed by atoms with Crippen molar-refractivity contribution in [2.75, 3.05) is 106 Å². The first-order valence-electron chi connectivity index (χ1n) is 12.2. The number of quaternary nitrogens is 2. The van der Waals surface area contributed by atoms with Crippen LogP contribution < -0.4 is 0 Å². The minimum Gasteiger partial charge on any atom is -0.381 e. The van der Waals surface area contributed by atoms with Crippen LogP contribution in [-0.2, 0) is 66.6 Å². The normalized spacial score (nSPS) is 13.2. The quantitative estimate of drug-likeness (QED) is 0.0215. The molecule has 0 saturated carbocycles. The van der Waals surface area contributed by atoms with E-state index >= 15 is 0 Å². The lowest BCUT2D eigenvalue weighted by atomic mass is 10.3. The van der Waals surface area contributed by atoms with Crippen LogP contribution in [0.25, 0.3) is 0 Å². The highest BCUT2D eigenvalue weighted by Crippen LogP contribution is 2.20. The number of hydrogen-bond acceptors (Lipinski definition) is 16. The van der Waals surface area contributed by atoms with E-state index in [1.54, 1.807) is 0 Å². The van der Waals surface area contributed by atoms with Gasteiger partial charge in [-0.1, -0.05) is 10.1 Å².